The van der Waals surface area contributed by atoms with Crippen LogP contribution in [0.4, 0.5) is 0 Å². The van der Waals surface area contributed by atoms with E-state index in [0.29, 0.717) is 25.6 Å². The summed E-state index contributed by atoms with van der Waals surface area (Å²) in [6.07, 6.45) is 2.85. The van der Waals surface area contributed by atoms with E-state index in [9.17, 15) is 8.42 Å². The minimum atomic E-state index is -3.55. The maximum atomic E-state index is 12.1. The number of nitrogens with one attached hydrogen (secondary N) is 3. The Morgan fingerprint density at radius 1 is 1.27 bits per heavy atom. The fourth-order valence-corrected chi connectivity index (χ4v) is 4.02. The first kappa shape index (κ1) is 20.3. The number of guanidine groups is 1. The lowest BCUT2D eigenvalue weighted by Crippen LogP contribution is -2.41. The van der Waals surface area contributed by atoms with E-state index in [-0.39, 0.29) is 11.4 Å². The summed E-state index contributed by atoms with van der Waals surface area (Å²) in [5.74, 6) is 0.638. The Bertz CT molecular complexity index is 834. The van der Waals surface area contributed by atoms with Crippen LogP contribution < -0.4 is 15.4 Å². The highest BCUT2D eigenvalue weighted by Crippen LogP contribution is 2.17. The van der Waals surface area contributed by atoms with Crippen LogP contribution in [0, 0.1) is 13.8 Å². The van der Waals surface area contributed by atoms with E-state index < -0.39 is 10.0 Å². The van der Waals surface area contributed by atoms with Gasteiger partial charge in [-0.3, -0.25) is 4.98 Å². The highest BCUT2D eigenvalue weighted by Gasteiger charge is 2.12. The van der Waals surface area contributed by atoms with Crippen molar-refractivity contribution in [1.82, 2.24) is 25.3 Å². The third kappa shape index (κ3) is 6.04. The van der Waals surface area contributed by atoms with Crippen LogP contribution in [0.5, 0.6) is 0 Å². The van der Waals surface area contributed by atoms with E-state index >= 15 is 0 Å². The fraction of sp³-hybridized carbons (Fsp3) is 0.438. The van der Waals surface area contributed by atoms with Crippen LogP contribution >= 0.6 is 11.3 Å². The van der Waals surface area contributed by atoms with Gasteiger partial charge >= 0.3 is 0 Å². The van der Waals surface area contributed by atoms with Crippen molar-refractivity contribution in [3.8, 4) is 0 Å². The second-order valence-electron chi connectivity index (χ2n) is 5.45. The number of aliphatic imine (C=N–C) groups is 1. The van der Waals surface area contributed by atoms with Gasteiger partial charge in [-0.1, -0.05) is 0 Å². The number of nitrogens with zero attached hydrogens (tertiary/aromatic N) is 3. The number of hydrogen-bond donors (Lipinski definition) is 3. The zero-order valence-corrected chi connectivity index (χ0v) is 16.7. The zero-order valence-electron chi connectivity index (χ0n) is 15.1. The number of hydrogen-bond acceptors (Lipinski definition) is 6. The van der Waals surface area contributed by atoms with Crippen LogP contribution in [-0.4, -0.2) is 44.0 Å². The van der Waals surface area contributed by atoms with E-state index in [1.54, 1.807) is 17.4 Å². The first-order valence-corrected chi connectivity index (χ1v) is 10.6. The molecule has 2 heterocycles. The molecule has 2 aromatic heterocycles. The molecule has 0 atom stereocenters. The van der Waals surface area contributed by atoms with E-state index in [4.69, 9.17) is 0 Å². The van der Waals surface area contributed by atoms with Gasteiger partial charge in [0.25, 0.3) is 0 Å². The molecule has 26 heavy (non-hydrogen) atoms. The Morgan fingerprint density at radius 2 is 2.08 bits per heavy atom. The summed E-state index contributed by atoms with van der Waals surface area (Å²) in [5, 5.41) is 7.29. The second kappa shape index (κ2) is 9.60. The lowest BCUT2D eigenvalue weighted by atomic mass is 10.4. The minimum Gasteiger partial charge on any atom is -0.357 e. The zero-order chi connectivity index (χ0) is 19.0. The smallest absolute Gasteiger partial charge is 0.242 e. The molecule has 0 aliphatic carbocycles. The second-order valence-corrected chi connectivity index (χ2v) is 8.50. The lowest BCUT2D eigenvalue weighted by molar-refractivity contribution is 0.580. The molecule has 0 radical (unpaired) electrons. The quantitative estimate of drug-likeness (QED) is 0.351. The van der Waals surface area contributed by atoms with Gasteiger partial charge in [0.05, 0.1) is 17.2 Å². The molecule has 0 saturated carbocycles. The van der Waals surface area contributed by atoms with Crippen molar-refractivity contribution >= 4 is 27.3 Å². The third-order valence-corrected chi connectivity index (χ3v) is 5.88. The molecule has 3 N–H and O–H groups in total. The van der Waals surface area contributed by atoms with Crippen LogP contribution in [0.15, 0.2) is 34.4 Å². The van der Waals surface area contributed by atoms with Gasteiger partial charge < -0.3 is 10.6 Å². The first-order valence-electron chi connectivity index (χ1n) is 8.27. The predicted octanol–water partition coefficient (Wildman–Crippen LogP) is 1.19. The Morgan fingerprint density at radius 3 is 2.69 bits per heavy atom. The molecule has 0 spiro atoms. The molecule has 2 aromatic rings. The summed E-state index contributed by atoms with van der Waals surface area (Å²) in [4.78, 5) is 14.0. The highest BCUT2D eigenvalue weighted by molar-refractivity contribution is 7.89. The van der Waals surface area contributed by atoms with Crippen LogP contribution in [0.1, 0.15) is 22.5 Å². The van der Waals surface area contributed by atoms with Crippen molar-refractivity contribution in [2.75, 3.05) is 19.6 Å². The Hall–Kier alpha value is -2.04. The summed E-state index contributed by atoms with van der Waals surface area (Å²) in [6, 6.07) is 3.10. The molecular weight excluding hydrogens is 372 g/mol. The van der Waals surface area contributed by atoms with Crippen LogP contribution in [0.3, 0.4) is 0 Å². The van der Waals surface area contributed by atoms with Crippen molar-refractivity contribution in [2.45, 2.75) is 32.2 Å². The van der Waals surface area contributed by atoms with Crippen molar-refractivity contribution in [2.24, 2.45) is 4.99 Å². The average Bonchev–Trinajstić information content (AvgIpc) is 2.94. The van der Waals surface area contributed by atoms with Crippen LogP contribution in [0.2, 0.25) is 0 Å². The van der Waals surface area contributed by atoms with Gasteiger partial charge in [-0.25, -0.2) is 23.1 Å². The summed E-state index contributed by atoms with van der Waals surface area (Å²) < 4.78 is 26.8. The third-order valence-electron chi connectivity index (χ3n) is 3.38. The molecule has 0 bridgehead atoms. The predicted molar refractivity (Wildman–Crippen MR) is 104 cm³/mol. The Balaban J connectivity index is 1.86. The van der Waals surface area contributed by atoms with Gasteiger partial charge in [0.15, 0.2) is 5.96 Å². The van der Waals surface area contributed by atoms with Crippen LogP contribution in [0.25, 0.3) is 0 Å². The molecule has 0 aliphatic rings. The molecule has 0 amide bonds. The average molecular weight is 397 g/mol. The number of aromatic nitrogens is 2. The number of aryl methyl sites for hydroxylation is 2. The maximum absolute atomic E-state index is 12.1. The van der Waals surface area contributed by atoms with Crippen LogP contribution in [-0.2, 0) is 16.6 Å². The monoisotopic (exact) mass is 396 g/mol. The molecule has 0 aromatic carbocycles. The molecular formula is C16H24N6O2S2. The van der Waals surface area contributed by atoms with Gasteiger partial charge in [-0.05, 0) is 32.9 Å². The molecule has 0 fully saturated rings. The van der Waals surface area contributed by atoms with E-state index in [1.165, 1.54) is 18.5 Å². The fourth-order valence-electron chi connectivity index (χ4n) is 2.17. The van der Waals surface area contributed by atoms with E-state index in [1.807, 2.05) is 20.8 Å². The molecule has 142 valence electrons. The molecule has 10 heteroatoms. The van der Waals surface area contributed by atoms with Gasteiger partial charge in [-0.15, -0.1) is 11.3 Å². The van der Waals surface area contributed by atoms with Crippen molar-refractivity contribution in [3.63, 3.8) is 0 Å². The largest absolute Gasteiger partial charge is 0.357 e. The summed E-state index contributed by atoms with van der Waals surface area (Å²) in [5.41, 5.74) is 0.997. The van der Waals surface area contributed by atoms with Gasteiger partial charge in [0.1, 0.15) is 4.90 Å². The number of sulfonamides is 1. The van der Waals surface area contributed by atoms with E-state index in [0.717, 1.165) is 15.6 Å². The van der Waals surface area contributed by atoms with Gasteiger partial charge in [0.2, 0.25) is 10.0 Å². The number of rotatable bonds is 8. The van der Waals surface area contributed by atoms with Gasteiger partial charge in [0, 0.05) is 36.9 Å². The Labute approximate surface area is 158 Å². The Kier molecular flexibility index (Phi) is 7.49. The van der Waals surface area contributed by atoms with Crippen molar-refractivity contribution in [3.05, 3.63) is 40.1 Å². The summed E-state index contributed by atoms with van der Waals surface area (Å²) >= 11 is 1.63. The topological polar surface area (TPSA) is 108 Å². The highest BCUT2D eigenvalue weighted by atomic mass is 32.2. The summed E-state index contributed by atoms with van der Waals surface area (Å²) in [7, 11) is -3.55. The SMILES string of the molecule is CCNC(=NCc1sc(C)nc1C)NCCNS(=O)(=O)c1cccnc1. The lowest BCUT2D eigenvalue weighted by Gasteiger charge is -2.12. The standard InChI is InChI=1S/C16H24N6O2S2/c1-4-18-16(20-11-15-12(2)22-13(3)25-15)19-8-9-21-26(23,24)14-6-5-7-17-10-14/h5-7,10,21H,4,8-9,11H2,1-3H3,(H2,18,19,20). The maximum Gasteiger partial charge on any atom is 0.242 e. The normalized spacial score (nSPS) is 12.2. The number of thiazole rings is 1. The van der Waals surface area contributed by atoms with Crippen molar-refractivity contribution < 1.29 is 8.42 Å². The minimum absolute atomic E-state index is 0.150. The summed E-state index contributed by atoms with van der Waals surface area (Å²) in [6.45, 7) is 7.82. The number of pyridine rings is 1. The first-order chi connectivity index (χ1) is 12.4. The van der Waals surface area contributed by atoms with E-state index in [2.05, 4.69) is 30.3 Å². The molecule has 8 nitrogen and oxygen atoms in total. The van der Waals surface area contributed by atoms with Crippen molar-refractivity contribution in [1.29, 1.82) is 0 Å². The molecule has 0 unspecified atom stereocenters. The van der Waals surface area contributed by atoms with Gasteiger partial charge in [-0.2, -0.15) is 0 Å². The molecule has 2 rings (SSSR count). The molecule has 0 aliphatic heterocycles. The molecule has 0 saturated heterocycles.